The van der Waals surface area contributed by atoms with Crippen LogP contribution >= 0.6 is 11.8 Å². The molecule has 1 amide bonds. The molecule has 0 spiro atoms. The summed E-state index contributed by atoms with van der Waals surface area (Å²) in [6, 6.07) is 12.1. The fourth-order valence-electron chi connectivity index (χ4n) is 4.63. The summed E-state index contributed by atoms with van der Waals surface area (Å²) in [5, 5.41) is 12.4. The summed E-state index contributed by atoms with van der Waals surface area (Å²) in [7, 11) is 0. The van der Waals surface area contributed by atoms with Gasteiger partial charge in [0.1, 0.15) is 0 Å². The molecule has 0 radical (unpaired) electrons. The Morgan fingerprint density at radius 2 is 1.85 bits per heavy atom. The largest absolute Gasteiger partial charge is 0.461 e. The smallest absolute Gasteiger partial charge is 0.237 e. The molecule has 34 heavy (non-hydrogen) atoms. The van der Waals surface area contributed by atoms with E-state index >= 15 is 0 Å². The van der Waals surface area contributed by atoms with Crippen LogP contribution in [0, 0.1) is 0 Å². The number of anilines is 2. The first-order valence-corrected chi connectivity index (χ1v) is 13.0. The van der Waals surface area contributed by atoms with Crippen LogP contribution in [-0.2, 0) is 9.53 Å². The highest BCUT2D eigenvalue weighted by molar-refractivity contribution is 8.00. The number of rotatable bonds is 7. The number of thioether (sulfide) groups is 1. The number of benzene rings is 1. The van der Waals surface area contributed by atoms with E-state index in [1.54, 1.807) is 6.26 Å². The average Bonchev–Trinajstić information content (AvgIpc) is 3.56. The Morgan fingerprint density at radius 3 is 2.56 bits per heavy atom. The molecule has 2 fully saturated rings. The number of hydrogen-bond acceptors (Lipinski definition) is 7. The molecule has 2 aromatic heterocycles. The number of ether oxygens (including phenoxy) is 1. The van der Waals surface area contributed by atoms with Gasteiger partial charge in [0, 0.05) is 30.5 Å². The molecule has 180 valence electrons. The van der Waals surface area contributed by atoms with E-state index in [9.17, 15) is 4.79 Å². The number of nitrogens with one attached hydrogen (secondary N) is 1. The van der Waals surface area contributed by atoms with Crippen molar-refractivity contribution in [1.29, 1.82) is 0 Å². The maximum Gasteiger partial charge on any atom is 0.237 e. The third kappa shape index (κ3) is 5.15. The molecule has 1 atom stereocenters. The van der Waals surface area contributed by atoms with Gasteiger partial charge in [0.05, 0.1) is 24.7 Å². The monoisotopic (exact) mass is 481 g/mol. The van der Waals surface area contributed by atoms with Gasteiger partial charge in [0.15, 0.2) is 10.9 Å². The van der Waals surface area contributed by atoms with Gasteiger partial charge in [0.2, 0.25) is 11.7 Å². The predicted molar refractivity (Wildman–Crippen MR) is 133 cm³/mol. The van der Waals surface area contributed by atoms with E-state index in [2.05, 4.69) is 25.0 Å². The van der Waals surface area contributed by atoms with Gasteiger partial charge in [-0.3, -0.25) is 9.36 Å². The number of amides is 1. The van der Waals surface area contributed by atoms with E-state index in [0.29, 0.717) is 11.8 Å². The van der Waals surface area contributed by atoms with Crippen LogP contribution in [0.15, 0.2) is 52.2 Å². The van der Waals surface area contributed by atoms with Gasteiger partial charge in [-0.05, 0) is 56.2 Å². The molecule has 1 saturated heterocycles. The number of hydrogen-bond donors (Lipinski definition) is 1. The Hall–Kier alpha value is -2.78. The molecule has 9 heteroatoms. The molecule has 1 saturated carbocycles. The van der Waals surface area contributed by atoms with Crippen LogP contribution in [0.5, 0.6) is 0 Å². The molecule has 1 aliphatic carbocycles. The lowest BCUT2D eigenvalue weighted by molar-refractivity contribution is -0.115. The van der Waals surface area contributed by atoms with Crippen LogP contribution in [0.2, 0.25) is 0 Å². The Kier molecular flexibility index (Phi) is 7.20. The summed E-state index contributed by atoms with van der Waals surface area (Å²) >= 11 is 1.45. The van der Waals surface area contributed by atoms with Crippen molar-refractivity contribution in [1.82, 2.24) is 14.8 Å². The standard InChI is InChI=1S/C25H31N5O3S/c1-18(24(31)26-19-9-11-20(12-10-19)29-13-16-32-17-14-29)34-25-28-27-23(22-8-5-15-33-22)30(25)21-6-3-2-4-7-21/h5,8-12,15,18,21H,2-4,6-7,13-14,16-17H2,1H3,(H,26,31)/t18-/m1/s1. The third-order valence-electron chi connectivity index (χ3n) is 6.51. The van der Waals surface area contributed by atoms with Crippen molar-refractivity contribution in [3.05, 3.63) is 42.7 Å². The van der Waals surface area contributed by atoms with E-state index in [1.165, 1.54) is 31.0 Å². The van der Waals surface area contributed by atoms with E-state index in [-0.39, 0.29) is 11.2 Å². The van der Waals surface area contributed by atoms with Crippen LogP contribution < -0.4 is 10.2 Å². The SMILES string of the molecule is C[C@@H](Sc1nnc(-c2ccco2)n1C1CCCCC1)C(=O)Nc1ccc(N2CCOCC2)cc1. The normalized spacial score (nSPS) is 18.1. The zero-order valence-corrected chi connectivity index (χ0v) is 20.3. The Bertz CT molecular complexity index is 1070. The number of nitrogens with zero attached hydrogens (tertiary/aromatic N) is 4. The van der Waals surface area contributed by atoms with Crippen molar-refractivity contribution in [3.8, 4) is 11.6 Å². The second-order valence-electron chi connectivity index (χ2n) is 8.84. The van der Waals surface area contributed by atoms with Crippen molar-refractivity contribution in [3.63, 3.8) is 0 Å². The molecule has 0 bridgehead atoms. The maximum absolute atomic E-state index is 13.0. The first kappa shape index (κ1) is 23.0. The highest BCUT2D eigenvalue weighted by Crippen LogP contribution is 2.36. The Balaban J connectivity index is 1.27. The van der Waals surface area contributed by atoms with Crippen LogP contribution in [0.25, 0.3) is 11.6 Å². The van der Waals surface area contributed by atoms with Gasteiger partial charge < -0.3 is 19.4 Å². The highest BCUT2D eigenvalue weighted by atomic mass is 32.2. The van der Waals surface area contributed by atoms with Crippen molar-refractivity contribution < 1.29 is 13.9 Å². The quantitative estimate of drug-likeness (QED) is 0.475. The number of furan rings is 1. The molecular formula is C25H31N5O3S. The maximum atomic E-state index is 13.0. The molecule has 1 N–H and O–H groups in total. The first-order valence-electron chi connectivity index (χ1n) is 12.1. The molecule has 1 aliphatic heterocycles. The van der Waals surface area contributed by atoms with Gasteiger partial charge >= 0.3 is 0 Å². The summed E-state index contributed by atoms with van der Waals surface area (Å²) < 4.78 is 13.2. The molecular weight excluding hydrogens is 450 g/mol. The van der Waals surface area contributed by atoms with Crippen LogP contribution in [0.3, 0.4) is 0 Å². The Morgan fingerprint density at radius 1 is 1.09 bits per heavy atom. The summed E-state index contributed by atoms with van der Waals surface area (Å²) in [5.41, 5.74) is 1.94. The molecule has 2 aliphatic rings. The van der Waals surface area contributed by atoms with Crippen molar-refractivity contribution in [2.45, 2.75) is 55.5 Å². The van der Waals surface area contributed by atoms with Gasteiger partial charge in [-0.2, -0.15) is 0 Å². The molecule has 3 aromatic rings. The van der Waals surface area contributed by atoms with Crippen molar-refractivity contribution in [2.24, 2.45) is 0 Å². The summed E-state index contributed by atoms with van der Waals surface area (Å²) in [6.07, 6.45) is 7.50. The van der Waals surface area contributed by atoms with Gasteiger partial charge in [-0.25, -0.2) is 0 Å². The number of carbonyl (C=O) groups excluding carboxylic acids is 1. The summed E-state index contributed by atoms with van der Waals surface area (Å²) in [5.74, 6) is 1.40. The molecule has 8 nitrogen and oxygen atoms in total. The Labute approximate surface area is 204 Å². The van der Waals surface area contributed by atoms with E-state index in [0.717, 1.165) is 61.5 Å². The average molecular weight is 482 g/mol. The topological polar surface area (TPSA) is 85.4 Å². The first-order chi connectivity index (χ1) is 16.7. The number of morpholine rings is 1. The fraction of sp³-hybridized carbons (Fsp3) is 0.480. The number of aromatic nitrogens is 3. The van der Waals surface area contributed by atoms with Gasteiger partial charge in [-0.1, -0.05) is 31.0 Å². The van der Waals surface area contributed by atoms with Crippen LogP contribution in [-0.4, -0.2) is 52.2 Å². The molecule has 1 aromatic carbocycles. The highest BCUT2D eigenvalue weighted by Gasteiger charge is 2.27. The second-order valence-corrected chi connectivity index (χ2v) is 10.1. The van der Waals surface area contributed by atoms with E-state index in [4.69, 9.17) is 9.15 Å². The zero-order valence-electron chi connectivity index (χ0n) is 19.5. The van der Waals surface area contributed by atoms with E-state index in [1.807, 2.05) is 43.3 Å². The summed E-state index contributed by atoms with van der Waals surface area (Å²) in [6.45, 7) is 5.19. The minimum Gasteiger partial charge on any atom is -0.461 e. The van der Waals surface area contributed by atoms with Crippen LogP contribution in [0.4, 0.5) is 11.4 Å². The van der Waals surface area contributed by atoms with Crippen molar-refractivity contribution in [2.75, 3.05) is 36.5 Å². The predicted octanol–water partition coefficient (Wildman–Crippen LogP) is 5.00. The second kappa shape index (κ2) is 10.7. The van der Waals surface area contributed by atoms with Gasteiger partial charge in [-0.15, -0.1) is 10.2 Å². The van der Waals surface area contributed by atoms with Crippen molar-refractivity contribution >= 4 is 29.0 Å². The number of carbonyl (C=O) groups is 1. The van der Waals surface area contributed by atoms with Gasteiger partial charge in [0.25, 0.3) is 0 Å². The van der Waals surface area contributed by atoms with Crippen LogP contribution in [0.1, 0.15) is 45.1 Å². The molecule has 3 heterocycles. The minimum atomic E-state index is -0.324. The minimum absolute atomic E-state index is 0.0538. The van der Waals surface area contributed by atoms with E-state index < -0.39 is 0 Å². The lowest BCUT2D eigenvalue weighted by Gasteiger charge is -2.29. The third-order valence-corrected chi connectivity index (χ3v) is 7.57. The zero-order chi connectivity index (χ0) is 23.3. The summed E-state index contributed by atoms with van der Waals surface area (Å²) in [4.78, 5) is 15.3. The molecule has 0 unspecified atom stereocenters. The molecule has 5 rings (SSSR count). The fourth-order valence-corrected chi connectivity index (χ4v) is 5.55. The lowest BCUT2D eigenvalue weighted by Crippen LogP contribution is -2.36. The lowest BCUT2D eigenvalue weighted by atomic mass is 9.95.